The maximum absolute atomic E-state index is 6.17. The summed E-state index contributed by atoms with van der Waals surface area (Å²) in [5.74, 6) is 0.962. The van der Waals surface area contributed by atoms with Crippen molar-refractivity contribution in [1.82, 2.24) is 15.5 Å². The summed E-state index contributed by atoms with van der Waals surface area (Å²) < 4.78 is 6.17. The minimum Gasteiger partial charge on any atom is -0.493 e. The van der Waals surface area contributed by atoms with Crippen molar-refractivity contribution in [3.8, 4) is 28.0 Å². The molecular formula is C25H28N4O. The number of rotatable bonds is 3. The maximum atomic E-state index is 6.17. The van der Waals surface area contributed by atoms with E-state index in [2.05, 4.69) is 63.9 Å². The number of ether oxygens (including phenoxy) is 1. The van der Waals surface area contributed by atoms with E-state index in [4.69, 9.17) is 4.74 Å². The minimum absolute atomic E-state index is 0.633. The van der Waals surface area contributed by atoms with Crippen LogP contribution in [0.3, 0.4) is 0 Å². The lowest BCUT2D eigenvalue weighted by Crippen LogP contribution is -2.47. The number of anilines is 1. The molecule has 5 heteroatoms. The van der Waals surface area contributed by atoms with Gasteiger partial charge in [0.15, 0.2) is 0 Å². The summed E-state index contributed by atoms with van der Waals surface area (Å²) in [5.41, 5.74) is 7.40. The van der Waals surface area contributed by atoms with E-state index in [9.17, 15) is 0 Å². The van der Waals surface area contributed by atoms with Gasteiger partial charge in [-0.2, -0.15) is 5.10 Å². The third-order valence-corrected chi connectivity index (χ3v) is 7.22. The molecule has 3 aliphatic rings. The van der Waals surface area contributed by atoms with E-state index in [-0.39, 0.29) is 0 Å². The largest absolute Gasteiger partial charge is 0.493 e. The van der Waals surface area contributed by atoms with Crippen molar-refractivity contribution >= 4 is 5.69 Å². The topological polar surface area (TPSA) is 53.2 Å². The molecule has 2 N–H and O–H groups in total. The highest BCUT2D eigenvalue weighted by molar-refractivity contribution is 5.79. The van der Waals surface area contributed by atoms with Gasteiger partial charge in [0.25, 0.3) is 0 Å². The third-order valence-electron chi connectivity index (χ3n) is 7.22. The van der Waals surface area contributed by atoms with Crippen LogP contribution in [-0.4, -0.2) is 42.0 Å². The molecule has 6 rings (SSSR count). The van der Waals surface area contributed by atoms with Crippen LogP contribution in [0.5, 0.6) is 5.75 Å². The summed E-state index contributed by atoms with van der Waals surface area (Å²) in [7, 11) is 2.27. The van der Waals surface area contributed by atoms with Crippen molar-refractivity contribution in [3.05, 3.63) is 54.4 Å². The Bertz CT molecular complexity index is 1050. The van der Waals surface area contributed by atoms with Crippen LogP contribution < -0.4 is 15.0 Å². The van der Waals surface area contributed by atoms with Crippen molar-refractivity contribution in [3.63, 3.8) is 0 Å². The molecule has 2 fully saturated rings. The van der Waals surface area contributed by atoms with Crippen molar-refractivity contribution in [2.45, 2.75) is 50.2 Å². The Morgan fingerprint density at radius 3 is 2.63 bits per heavy atom. The van der Waals surface area contributed by atoms with Crippen LogP contribution >= 0.6 is 0 Å². The quantitative estimate of drug-likeness (QED) is 0.684. The Labute approximate surface area is 177 Å². The molecule has 0 aliphatic carbocycles. The van der Waals surface area contributed by atoms with E-state index in [1.165, 1.54) is 48.1 Å². The third kappa shape index (κ3) is 3.08. The first-order chi connectivity index (χ1) is 14.7. The van der Waals surface area contributed by atoms with E-state index in [0.29, 0.717) is 24.7 Å². The first-order valence-electron chi connectivity index (χ1n) is 11.1. The number of hydrogen-bond donors (Lipinski definition) is 2. The minimum atomic E-state index is 0.633. The molecule has 0 amide bonds. The lowest BCUT2D eigenvalue weighted by molar-refractivity contribution is 0.326. The summed E-state index contributed by atoms with van der Waals surface area (Å²) in [4.78, 5) is 2.51. The molecule has 4 heterocycles. The van der Waals surface area contributed by atoms with E-state index >= 15 is 0 Å². The first-order valence-corrected chi connectivity index (χ1v) is 11.1. The molecule has 154 valence electrons. The predicted octanol–water partition coefficient (Wildman–Crippen LogP) is 4.40. The highest BCUT2D eigenvalue weighted by Crippen LogP contribution is 2.40. The fourth-order valence-electron chi connectivity index (χ4n) is 5.55. The average Bonchev–Trinajstić information content (AvgIpc) is 3.38. The second-order valence-electron chi connectivity index (χ2n) is 9.01. The van der Waals surface area contributed by atoms with Crippen LogP contribution in [0.2, 0.25) is 0 Å². The molecule has 2 saturated heterocycles. The Hall–Kier alpha value is -2.79. The molecule has 0 radical (unpaired) electrons. The van der Waals surface area contributed by atoms with Gasteiger partial charge in [-0.05, 0) is 60.6 Å². The highest BCUT2D eigenvalue weighted by Gasteiger charge is 2.35. The Balaban J connectivity index is 1.31. The van der Waals surface area contributed by atoms with Crippen LogP contribution in [-0.2, 0) is 6.42 Å². The summed E-state index contributed by atoms with van der Waals surface area (Å²) >= 11 is 0. The normalized spacial score (nSPS) is 24.5. The zero-order chi connectivity index (χ0) is 20.1. The number of nitrogens with one attached hydrogen (secondary N) is 2. The van der Waals surface area contributed by atoms with E-state index in [0.717, 1.165) is 23.3 Å². The first kappa shape index (κ1) is 18.0. The monoisotopic (exact) mass is 400 g/mol. The molecule has 0 unspecified atom stereocenters. The van der Waals surface area contributed by atoms with Gasteiger partial charge in [0.1, 0.15) is 5.75 Å². The van der Waals surface area contributed by atoms with Gasteiger partial charge >= 0.3 is 0 Å². The van der Waals surface area contributed by atoms with Crippen molar-refractivity contribution in [2.75, 3.05) is 18.6 Å². The van der Waals surface area contributed by atoms with Gasteiger partial charge in [-0.1, -0.05) is 18.2 Å². The van der Waals surface area contributed by atoms with Crippen LogP contribution in [0.25, 0.3) is 22.3 Å². The van der Waals surface area contributed by atoms with Gasteiger partial charge in [0, 0.05) is 54.6 Å². The van der Waals surface area contributed by atoms with Gasteiger partial charge in [-0.15, -0.1) is 0 Å². The Morgan fingerprint density at radius 1 is 1.00 bits per heavy atom. The molecule has 2 bridgehead atoms. The Kier molecular flexibility index (Phi) is 4.30. The van der Waals surface area contributed by atoms with E-state index < -0.39 is 0 Å². The summed E-state index contributed by atoms with van der Waals surface area (Å²) in [6.07, 6.45) is 9.90. The van der Waals surface area contributed by atoms with Gasteiger partial charge in [-0.25, -0.2) is 0 Å². The molecule has 0 spiro atoms. The number of piperidine rings is 1. The fraction of sp³-hybridized carbons (Fsp3) is 0.400. The highest BCUT2D eigenvalue weighted by atomic mass is 16.5. The molecule has 2 aromatic carbocycles. The lowest BCUT2D eigenvalue weighted by atomic mass is 9.94. The fourth-order valence-corrected chi connectivity index (χ4v) is 5.55. The molecule has 30 heavy (non-hydrogen) atoms. The number of fused-ring (bicyclic) bond motifs is 5. The Morgan fingerprint density at radius 2 is 1.83 bits per heavy atom. The summed E-state index contributed by atoms with van der Waals surface area (Å²) in [6.45, 7) is 0.708. The number of H-pyrrole nitrogens is 1. The van der Waals surface area contributed by atoms with Crippen molar-refractivity contribution in [2.24, 2.45) is 0 Å². The zero-order valence-electron chi connectivity index (χ0n) is 17.4. The second kappa shape index (κ2) is 7.17. The van der Waals surface area contributed by atoms with Crippen molar-refractivity contribution < 1.29 is 4.74 Å². The number of benzene rings is 2. The number of aromatic amines is 1. The zero-order valence-corrected chi connectivity index (χ0v) is 17.4. The smallest absolute Gasteiger partial charge is 0.127 e. The van der Waals surface area contributed by atoms with Crippen LogP contribution in [0.4, 0.5) is 5.69 Å². The number of nitrogens with zero attached hydrogens (tertiary/aromatic N) is 2. The van der Waals surface area contributed by atoms with Crippen LogP contribution in [0, 0.1) is 0 Å². The molecule has 3 aliphatic heterocycles. The standard InChI is InChI=1S/C25H28N4O/c1-29(22-12-19-3-4-20(13-22)28-19)21-5-7-23-17(10-21)8-9-30-25-11-16(2-6-24(23)25)18-14-26-27-15-18/h2,5-7,10-11,14-15,19-20,22,28H,3-4,8-9,12-13H2,1H3,(H,26,27)/t19-,20+,22-. The van der Waals surface area contributed by atoms with Crippen molar-refractivity contribution in [1.29, 1.82) is 0 Å². The molecule has 0 saturated carbocycles. The van der Waals surface area contributed by atoms with E-state index in [1.54, 1.807) is 0 Å². The maximum Gasteiger partial charge on any atom is 0.127 e. The molecule has 3 atom stereocenters. The average molecular weight is 401 g/mol. The molecule has 5 nitrogen and oxygen atoms in total. The van der Waals surface area contributed by atoms with Crippen LogP contribution in [0.15, 0.2) is 48.8 Å². The summed E-state index contributed by atoms with van der Waals surface area (Å²) in [5, 5.41) is 10.7. The van der Waals surface area contributed by atoms with E-state index in [1.807, 2.05) is 12.4 Å². The number of hydrogen-bond acceptors (Lipinski definition) is 4. The van der Waals surface area contributed by atoms with Gasteiger partial charge < -0.3 is 15.0 Å². The van der Waals surface area contributed by atoms with Gasteiger partial charge in [0.2, 0.25) is 0 Å². The predicted molar refractivity (Wildman–Crippen MR) is 120 cm³/mol. The van der Waals surface area contributed by atoms with Crippen LogP contribution in [0.1, 0.15) is 31.2 Å². The molecule has 1 aromatic heterocycles. The SMILES string of the molecule is CN(c1ccc2c(c1)CCOc1cc(-c3cn[nH]c3)ccc1-2)[C@@H]1C[C@H]2CC[C@@H](C1)N2. The van der Waals surface area contributed by atoms with Gasteiger partial charge in [0.05, 0.1) is 12.8 Å². The second-order valence-corrected chi connectivity index (χ2v) is 9.01. The molecular weight excluding hydrogens is 372 g/mol. The van der Waals surface area contributed by atoms with Gasteiger partial charge in [-0.3, -0.25) is 5.10 Å². The molecule has 3 aromatic rings. The summed E-state index contributed by atoms with van der Waals surface area (Å²) in [6, 6.07) is 15.5. The lowest BCUT2D eigenvalue weighted by Gasteiger charge is -2.37. The number of aromatic nitrogens is 2.